The summed E-state index contributed by atoms with van der Waals surface area (Å²) in [5.41, 5.74) is -0.134. The highest BCUT2D eigenvalue weighted by molar-refractivity contribution is 5.69. The molecule has 21 heavy (non-hydrogen) atoms. The van der Waals surface area contributed by atoms with E-state index in [4.69, 9.17) is 14.6 Å². The van der Waals surface area contributed by atoms with E-state index in [0.29, 0.717) is 12.2 Å². The summed E-state index contributed by atoms with van der Waals surface area (Å²) in [4.78, 5) is 21.1. The van der Waals surface area contributed by atoms with Gasteiger partial charge in [0, 0.05) is 12.5 Å². The molecule has 0 saturated carbocycles. The highest BCUT2D eigenvalue weighted by Gasteiger charge is 2.13. The van der Waals surface area contributed by atoms with Crippen LogP contribution >= 0.6 is 0 Å². The fourth-order valence-electron chi connectivity index (χ4n) is 1.50. The summed E-state index contributed by atoms with van der Waals surface area (Å²) < 4.78 is 15.1. The number of benzene rings is 1. The molecule has 0 fully saturated rings. The molecule has 0 spiro atoms. The molecule has 0 aliphatic carbocycles. The average molecular weight is 299 g/mol. The van der Waals surface area contributed by atoms with E-state index in [9.17, 15) is 14.9 Å². The lowest BCUT2D eigenvalue weighted by Gasteiger charge is -2.11. The second-order valence-electron chi connectivity index (χ2n) is 3.99. The van der Waals surface area contributed by atoms with Crippen molar-refractivity contribution in [2.24, 2.45) is 0 Å². The third kappa shape index (κ3) is 5.65. The summed E-state index contributed by atoms with van der Waals surface area (Å²) in [6.07, 6.45) is 0.666. The SMILES string of the molecule is COC(=O)CCCOc1ccc([N+](=O)[O-])cc1OCCO. The highest BCUT2D eigenvalue weighted by Crippen LogP contribution is 2.31. The van der Waals surface area contributed by atoms with Crippen molar-refractivity contribution >= 4 is 11.7 Å². The molecule has 0 aliphatic rings. The minimum Gasteiger partial charge on any atom is -0.490 e. The molecule has 1 aromatic rings. The fraction of sp³-hybridized carbons (Fsp3) is 0.462. The van der Waals surface area contributed by atoms with Crippen molar-refractivity contribution in [3.63, 3.8) is 0 Å². The fourth-order valence-corrected chi connectivity index (χ4v) is 1.50. The number of carbonyl (C=O) groups is 1. The Balaban J connectivity index is 2.66. The maximum atomic E-state index is 10.9. The average Bonchev–Trinajstić information content (AvgIpc) is 2.49. The second kappa shape index (κ2) is 8.75. The van der Waals surface area contributed by atoms with Gasteiger partial charge in [-0.3, -0.25) is 14.9 Å². The van der Waals surface area contributed by atoms with Crippen LogP contribution in [-0.4, -0.2) is 42.9 Å². The summed E-state index contributed by atoms with van der Waals surface area (Å²) in [6.45, 7) is 0.0204. The molecule has 116 valence electrons. The summed E-state index contributed by atoms with van der Waals surface area (Å²) in [6, 6.07) is 3.94. The Kier molecular flexibility index (Phi) is 6.96. The van der Waals surface area contributed by atoms with Crippen molar-refractivity contribution in [2.45, 2.75) is 12.8 Å². The Bertz CT molecular complexity index is 489. The number of carbonyl (C=O) groups excluding carboxylic acids is 1. The van der Waals surface area contributed by atoms with Gasteiger partial charge in [0.05, 0.1) is 31.3 Å². The topological polar surface area (TPSA) is 108 Å². The summed E-state index contributed by atoms with van der Waals surface area (Å²) >= 11 is 0. The number of aliphatic hydroxyl groups is 1. The molecule has 0 amide bonds. The molecule has 0 heterocycles. The van der Waals surface area contributed by atoms with Gasteiger partial charge in [-0.2, -0.15) is 0 Å². The van der Waals surface area contributed by atoms with Gasteiger partial charge in [0.25, 0.3) is 5.69 Å². The molecule has 8 nitrogen and oxygen atoms in total. The van der Waals surface area contributed by atoms with E-state index in [2.05, 4.69) is 4.74 Å². The van der Waals surface area contributed by atoms with E-state index in [0.717, 1.165) is 0 Å². The van der Waals surface area contributed by atoms with Gasteiger partial charge >= 0.3 is 5.97 Å². The molecule has 0 unspecified atom stereocenters. The first kappa shape index (κ1) is 16.7. The lowest BCUT2D eigenvalue weighted by atomic mass is 10.2. The number of hydrogen-bond acceptors (Lipinski definition) is 7. The van der Waals surface area contributed by atoms with Crippen LogP contribution in [-0.2, 0) is 9.53 Å². The molecule has 8 heteroatoms. The number of nitrogens with zero attached hydrogens (tertiary/aromatic N) is 1. The zero-order valence-electron chi connectivity index (χ0n) is 11.6. The first-order valence-corrected chi connectivity index (χ1v) is 6.30. The van der Waals surface area contributed by atoms with Crippen LogP contribution in [0.2, 0.25) is 0 Å². The Hall–Kier alpha value is -2.35. The number of rotatable bonds is 9. The maximum absolute atomic E-state index is 10.9. The number of methoxy groups -OCH3 is 1. The van der Waals surface area contributed by atoms with Gasteiger partial charge < -0.3 is 19.3 Å². The molecule has 1 aromatic carbocycles. The number of hydrogen-bond donors (Lipinski definition) is 1. The quantitative estimate of drug-likeness (QED) is 0.317. The van der Waals surface area contributed by atoms with Crippen LogP contribution in [0.25, 0.3) is 0 Å². The van der Waals surface area contributed by atoms with Gasteiger partial charge in [-0.15, -0.1) is 0 Å². The molecule has 0 aliphatic heterocycles. The van der Waals surface area contributed by atoms with Gasteiger partial charge in [-0.25, -0.2) is 0 Å². The van der Waals surface area contributed by atoms with Gasteiger partial charge in [0.2, 0.25) is 0 Å². The predicted octanol–water partition coefficient (Wildman–Crippen LogP) is 1.30. The normalized spacial score (nSPS) is 10.0. The van der Waals surface area contributed by atoms with Gasteiger partial charge in [-0.1, -0.05) is 0 Å². The third-order valence-corrected chi connectivity index (χ3v) is 2.50. The van der Waals surface area contributed by atoms with Crippen molar-refractivity contribution in [1.29, 1.82) is 0 Å². The van der Waals surface area contributed by atoms with E-state index in [1.54, 1.807) is 0 Å². The molecule has 0 saturated heterocycles. The molecule has 1 N–H and O–H groups in total. The van der Waals surface area contributed by atoms with E-state index < -0.39 is 4.92 Å². The Morgan fingerprint density at radius 2 is 2.00 bits per heavy atom. The lowest BCUT2D eigenvalue weighted by Crippen LogP contribution is -2.07. The number of non-ortho nitro benzene ring substituents is 1. The van der Waals surface area contributed by atoms with Crippen LogP contribution in [0.5, 0.6) is 11.5 Å². The van der Waals surface area contributed by atoms with Crippen molar-refractivity contribution in [1.82, 2.24) is 0 Å². The number of nitro benzene ring substituents is 1. The van der Waals surface area contributed by atoms with Crippen LogP contribution < -0.4 is 9.47 Å². The predicted molar refractivity (Wildman–Crippen MR) is 72.4 cm³/mol. The zero-order chi connectivity index (χ0) is 15.7. The summed E-state index contributed by atoms with van der Waals surface area (Å²) in [5, 5.41) is 19.5. The Labute approximate surface area is 121 Å². The van der Waals surface area contributed by atoms with Crippen molar-refractivity contribution in [3.05, 3.63) is 28.3 Å². The van der Waals surface area contributed by atoms with Crippen LogP contribution in [0.1, 0.15) is 12.8 Å². The van der Waals surface area contributed by atoms with E-state index >= 15 is 0 Å². The molecule has 0 bridgehead atoms. The van der Waals surface area contributed by atoms with E-state index in [1.165, 1.54) is 25.3 Å². The smallest absolute Gasteiger partial charge is 0.305 e. The first-order valence-electron chi connectivity index (χ1n) is 6.30. The van der Waals surface area contributed by atoms with Gasteiger partial charge in [0.15, 0.2) is 11.5 Å². The zero-order valence-corrected chi connectivity index (χ0v) is 11.6. The van der Waals surface area contributed by atoms with E-state index in [-0.39, 0.29) is 43.6 Å². The minimum atomic E-state index is -0.549. The standard InChI is InChI=1S/C13H17NO7/c1-19-13(16)3-2-7-20-11-5-4-10(14(17)18)9-12(11)21-8-6-15/h4-5,9,15H,2-3,6-8H2,1H3. The lowest BCUT2D eigenvalue weighted by molar-refractivity contribution is -0.385. The molecular weight excluding hydrogens is 282 g/mol. The van der Waals surface area contributed by atoms with E-state index in [1.807, 2.05) is 0 Å². The van der Waals surface area contributed by atoms with Crippen molar-refractivity contribution in [2.75, 3.05) is 26.9 Å². The molecular formula is C13H17NO7. The van der Waals surface area contributed by atoms with Crippen LogP contribution in [0.15, 0.2) is 18.2 Å². The number of aliphatic hydroxyl groups excluding tert-OH is 1. The Morgan fingerprint density at radius 1 is 1.29 bits per heavy atom. The number of nitro groups is 1. The Morgan fingerprint density at radius 3 is 2.62 bits per heavy atom. The molecule has 0 radical (unpaired) electrons. The van der Waals surface area contributed by atoms with Crippen LogP contribution in [0.3, 0.4) is 0 Å². The third-order valence-electron chi connectivity index (χ3n) is 2.50. The van der Waals surface area contributed by atoms with Crippen LogP contribution in [0, 0.1) is 10.1 Å². The molecule has 1 rings (SSSR count). The largest absolute Gasteiger partial charge is 0.490 e. The maximum Gasteiger partial charge on any atom is 0.305 e. The van der Waals surface area contributed by atoms with Crippen molar-refractivity contribution in [3.8, 4) is 11.5 Å². The second-order valence-corrected chi connectivity index (χ2v) is 3.99. The molecule has 0 atom stereocenters. The minimum absolute atomic E-state index is 0.000309. The highest BCUT2D eigenvalue weighted by atomic mass is 16.6. The number of ether oxygens (including phenoxy) is 3. The monoisotopic (exact) mass is 299 g/mol. The van der Waals surface area contributed by atoms with Gasteiger partial charge in [-0.05, 0) is 12.5 Å². The summed E-state index contributed by atoms with van der Waals surface area (Å²) in [5.74, 6) is 0.161. The summed E-state index contributed by atoms with van der Waals surface area (Å²) in [7, 11) is 1.31. The first-order chi connectivity index (χ1) is 10.1. The van der Waals surface area contributed by atoms with Crippen LogP contribution in [0.4, 0.5) is 5.69 Å². The number of esters is 1. The van der Waals surface area contributed by atoms with Crippen molar-refractivity contribution < 1.29 is 29.0 Å². The van der Waals surface area contributed by atoms with Gasteiger partial charge in [0.1, 0.15) is 6.61 Å². The molecule has 0 aromatic heterocycles.